The molecule has 0 aliphatic heterocycles. The van der Waals surface area contributed by atoms with Crippen molar-refractivity contribution >= 4 is 28.5 Å². The normalized spacial score (nSPS) is 9.83. The molecule has 0 bridgehead atoms. The van der Waals surface area contributed by atoms with Crippen LogP contribution in [0.3, 0.4) is 0 Å². The predicted molar refractivity (Wildman–Crippen MR) is 54.5 cm³/mol. The van der Waals surface area contributed by atoms with E-state index in [1.54, 1.807) is 0 Å². The highest BCUT2D eigenvalue weighted by Crippen LogP contribution is 2.01. The van der Waals surface area contributed by atoms with E-state index in [4.69, 9.17) is 0 Å². The Morgan fingerprint density at radius 3 is 3.08 bits per heavy atom. The van der Waals surface area contributed by atoms with Crippen LogP contribution in [0, 0.1) is 6.92 Å². The Labute approximate surface area is 84.3 Å². The molecule has 0 aliphatic carbocycles. The van der Waals surface area contributed by atoms with Gasteiger partial charge in [-0.05, 0) is 6.92 Å². The highest BCUT2D eigenvalue weighted by Gasteiger charge is 2.08. The van der Waals surface area contributed by atoms with Gasteiger partial charge in [0.25, 0.3) is 5.91 Å². The molecule has 0 fully saturated rings. The Morgan fingerprint density at radius 1 is 1.83 bits per heavy atom. The third kappa shape index (κ3) is 2.20. The molecule has 2 N–H and O–H groups in total. The molecule has 0 radical (unpaired) electrons. The van der Waals surface area contributed by atoms with E-state index in [0.29, 0.717) is 12.1 Å². The van der Waals surface area contributed by atoms with Gasteiger partial charge in [-0.2, -0.15) is 5.10 Å². The van der Waals surface area contributed by atoms with Crippen LogP contribution in [0.25, 0.3) is 0 Å². The van der Waals surface area contributed by atoms with Gasteiger partial charge in [-0.25, -0.2) is 0 Å². The molecule has 0 aromatic carbocycles. The molecule has 1 amide bonds. The van der Waals surface area contributed by atoms with Crippen molar-refractivity contribution in [2.45, 2.75) is 6.92 Å². The van der Waals surface area contributed by atoms with Crippen molar-refractivity contribution in [1.29, 1.82) is 0 Å². The zero-order valence-corrected chi connectivity index (χ0v) is 8.88. The maximum Gasteiger partial charge on any atom is 0.254 e. The summed E-state index contributed by atoms with van der Waals surface area (Å²) in [5.41, 5.74) is 1.43. The fourth-order valence-corrected chi connectivity index (χ4v) is 1.11. The van der Waals surface area contributed by atoms with Crippen molar-refractivity contribution in [2.75, 3.05) is 11.0 Å². The van der Waals surface area contributed by atoms with Crippen LogP contribution in [-0.4, -0.2) is 27.1 Å². The molecule has 0 aliphatic rings. The Bertz CT molecular complexity index is 271. The number of carbonyl (C=O) groups excluding carboxylic acids is 1. The number of nitrogens with one attached hydrogen (secondary N) is 2. The first kappa shape index (κ1) is 9.50. The number of alkyl halides is 1. The molecule has 1 rings (SSSR count). The number of nitrogens with zero attached hydrogens (tertiary/aromatic N) is 1. The molecule has 1 aromatic heterocycles. The van der Waals surface area contributed by atoms with E-state index in [9.17, 15) is 4.79 Å². The minimum atomic E-state index is -0.0575. The number of aryl methyl sites for hydroxylation is 1. The molecule has 0 saturated heterocycles. The molecule has 0 saturated carbocycles. The lowest BCUT2D eigenvalue weighted by Crippen LogP contribution is -2.25. The number of aromatic amines is 1. The van der Waals surface area contributed by atoms with Gasteiger partial charge in [0.1, 0.15) is 0 Å². The fraction of sp³-hybridized carbons (Fsp3) is 0.429. The second kappa shape index (κ2) is 4.44. The predicted octanol–water partition coefficient (Wildman–Crippen LogP) is 0.883. The van der Waals surface area contributed by atoms with E-state index in [2.05, 4.69) is 38.1 Å². The first-order valence-corrected chi connectivity index (χ1v) is 5.12. The van der Waals surface area contributed by atoms with Gasteiger partial charge in [0.15, 0.2) is 0 Å². The van der Waals surface area contributed by atoms with Gasteiger partial charge in [-0.3, -0.25) is 9.89 Å². The van der Waals surface area contributed by atoms with E-state index >= 15 is 0 Å². The quantitative estimate of drug-likeness (QED) is 0.637. The summed E-state index contributed by atoms with van der Waals surface area (Å²) < 4.78 is 0.917. The third-order valence-electron chi connectivity index (χ3n) is 1.45. The molecule has 66 valence electrons. The van der Waals surface area contributed by atoms with Gasteiger partial charge in [0, 0.05) is 16.7 Å². The van der Waals surface area contributed by atoms with E-state index in [1.165, 1.54) is 6.20 Å². The van der Waals surface area contributed by atoms with E-state index in [0.717, 1.165) is 10.1 Å². The van der Waals surface area contributed by atoms with Crippen LogP contribution in [0.15, 0.2) is 6.20 Å². The molecule has 1 heterocycles. The highest BCUT2D eigenvalue weighted by atomic mass is 127. The topological polar surface area (TPSA) is 57.8 Å². The fourth-order valence-electron chi connectivity index (χ4n) is 0.836. The van der Waals surface area contributed by atoms with E-state index in [-0.39, 0.29) is 5.91 Å². The lowest BCUT2D eigenvalue weighted by Gasteiger charge is -2.00. The smallest absolute Gasteiger partial charge is 0.254 e. The number of carbonyl (C=O) groups is 1. The van der Waals surface area contributed by atoms with Crippen LogP contribution in [0.1, 0.15) is 16.1 Å². The Balaban J connectivity index is 2.59. The highest BCUT2D eigenvalue weighted by molar-refractivity contribution is 14.1. The summed E-state index contributed by atoms with van der Waals surface area (Å²) in [4.78, 5) is 11.3. The average molecular weight is 279 g/mol. The molecular weight excluding hydrogens is 269 g/mol. The van der Waals surface area contributed by atoms with Gasteiger partial charge in [0.05, 0.1) is 11.8 Å². The molecule has 1 aromatic rings. The second-order valence-corrected chi connectivity index (χ2v) is 3.43. The van der Waals surface area contributed by atoms with Crippen molar-refractivity contribution in [1.82, 2.24) is 15.5 Å². The summed E-state index contributed by atoms with van der Waals surface area (Å²) in [6.07, 6.45) is 1.54. The van der Waals surface area contributed by atoms with Gasteiger partial charge in [-0.15, -0.1) is 0 Å². The number of rotatable bonds is 3. The van der Waals surface area contributed by atoms with Crippen molar-refractivity contribution in [3.8, 4) is 0 Å². The number of aromatic nitrogens is 2. The third-order valence-corrected chi connectivity index (χ3v) is 1.99. The van der Waals surface area contributed by atoms with Crippen LogP contribution in [0.5, 0.6) is 0 Å². The zero-order chi connectivity index (χ0) is 8.97. The number of halogens is 1. The molecule has 0 atom stereocenters. The molecular formula is C7H10IN3O. The minimum absolute atomic E-state index is 0.0575. The SMILES string of the molecule is Cc1[nH]ncc1C(=O)NCCI. The second-order valence-electron chi connectivity index (χ2n) is 2.35. The van der Waals surface area contributed by atoms with Crippen LogP contribution >= 0.6 is 22.6 Å². The Hall–Kier alpha value is -0.590. The summed E-state index contributed by atoms with van der Waals surface area (Å²) >= 11 is 2.21. The van der Waals surface area contributed by atoms with E-state index < -0.39 is 0 Å². The van der Waals surface area contributed by atoms with Crippen LogP contribution < -0.4 is 5.32 Å². The summed E-state index contributed by atoms with van der Waals surface area (Å²) in [5.74, 6) is -0.0575. The molecule has 4 nitrogen and oxygen atoms in total. The van der Waals surface area contributed by atoms with E-state index in [1.807, 2.05) is 6.92 Å². The minimum Gasteiger partial charge on any atom is -0.351 e. The van der Waals surface area contributed by atoms with Crippen molar-refractivity contribution < 1.29 is 4.79 Å². The Morgan fingerprint density at radius 2 is 2.58 bits per heavy atom. The zero-order valence-electron chi connectivity index (χ0n) is 6.72. The lowest BCUT2D eigenvalue weighted by molar-refractivity contribution is 0.0956. The summed E-state index contributed by atoms with van der Waals surface area (Å²) in [7, 11) is 0. The first-order chi connectivity index (χ1) is 5.75. The monoisotopic (exact) mass is 279 g/mol. The van der Waals surface area contributed by atoms with Crippen molar-refractivity contribution in [2.24, 2.45) is 0 Å². The Kier molecular flexibility index (Phi) is 3.51. The number of amides is 1. The number of hydrogen-bond donors (Lipinski definition) is 2. The number of H-pyrrole nitrogens is 1. The molecule has 5 heteroatoms. The summed E-state index contributed by atoms with van der Waals surface area (Å²) in [6.45, 7) is 2.52. The van der Waals surface area contributed by atoms with Gasteiger partial charge in [0.2, 0.25) is 0 Å². The van der Waals surface area contributed by atoms with Crippen molar-refractivity contribution in [3.05, 3.63) is 17.5 Å². The van der Waals surface area contributed by atoms with Gasteiger partial charge >= 0.3 is 0 Å². The van der Waals surface area contributed by atoms with Crippen LogP contribution in [-0.2, 0) is 0 Å². The van der Waals surface area contributed by atoms with Crippen LogP contribution in [0.2, 0.25) is 0 Å². The summed E-state index contributed by atoms with van der Waals surface area (Å²) in [6, 6.07) is 0. The number of hydrogen-bond acceptors (Lipinski definition) is 2. The van der Waals surface area contributed by atoms with Gasteiger partial charge in [-0.1, -0.05) is 22.6 Å². The molecule has 12 heavy (non-hydrogen) atoms. The standard InChI is InChI=1S/C7H10IN3O/c1-5-6(4-10-11-5)7(12)9-3-2-8/h4H,2-3H2,1H3,(H,9,12)(H,10,11). The molecule has 0 unspecified atom stereocenters. The van der Waals surface area contributed by atoms with Crippen LogP contribution in [0.4, 0.5) is 0 Å². The largest absolute Gasteiger partial charge is 0.351 e. The van der Waals surface area contributed by atoms with Crippen molar-refractivity contribution in [3.63, 3.8) is 0 Å². The molecule has 0 spiro atoms. The first-order valence-electron chi connectivity index (χ1n) is 3.60. The summed E-state index contributed by atoms with van der Waals surface area (Å²) in [5, 5.41) is 9.25. The lowest BCUT2D eigenvalue weighted by atomic mass is 10.2. The van der Waals surface area contributed by atoms with Gasteiger partial charge < -0.3 is 5.32 Å². The average Bonchev–Trinajstić information content (AvgIpc) is 2.47. The maximum atomic E-state index is 11.3. The maximum absolute atomic E-state index is 11.3.